The molecule has 1 heterocycles. The van der Waals surface area contributed by atoms with Crippen LogP contribution in [0.2, 0.25) is 0 Å². The van der Waals surface area contributed by atoms with Crippen molar-refractivity contribution in [3.63, 3.8) is 0 Å². The Morgan fingerprint density at radius 3 is 3.00 bits per heavy atom. The van der Waals surface area contributed by atoms with E-state index in [1.54, 1.807) is 7.05 Å². The van der Waals surface area contributed by atoms with Crippen LogP contribution in [0.15, 0.2) is 41.4 Å². The summed E-state index contributed by atoms with van der Waals surface area (Å²) in [6.45, 7) is 3.54. The van der Waals surface area contributed by atoms with Crippen molar-refractivity contribution in [2.45, 2.75) is 25.7 Å². The molecule has 2 rings (SSSR count). The maximum atomic E-state index is 11.8. The van der Waals surface area contributed by atoms with Crippen molar-refractivity contribution >= 4 is 17.6 Å². The van der Waals surface area contributed by atoms with Gasteiger partial charge in [-0.15, -0.1) is 0 Å². The molecular weight excluding hydrogens is 276 g/mol. The van der Waals surface area contributed by atoms with E-state index in [0.29, 0.717) is 13.0 Å². The van der Waals surface area contributed by atoms with Gasteiger partial charge in [0.25, 0.3) is 0 Å². The first kappa shape index (κ1) is 16.1. The number of allylic oxidation sites excluding steroid dienone is 1. The first-order valence-electron chi connectivity index (χ1n) is 7.69. The Labute approximate surface area is 131 Å². The van der Waals surface area contributed by atoms with Crippen LogP contribution in [0.4, 0.5) is 5.69 Å². The second kappa shape index (κ2) is 8.22. The van der Waals surface area contributed by atoms with Crippen LogP contribution in [0.5, 0.6) is 0 Å². The van der Waals surface area contributed by atoms with E-state index < -0.39 is 0 Å². The quantitative estimate of drug-likeness (QED) is 0.338. The SMILES string of the molecule is C/C=C/CCNC(=NC)NCC1CC(=O)Nc2ccccc21. The molecule has 1 aliphatic rings. The molecule has 0 spiro atoms. The molecule has 1 aromatic rings. The Bertz CT molecular complexity index is 566. The first-order chi connectivity index (χ1) is 10.7. The molecule has 0 radical (unpaired) electrons. The maximum absolute atomic E-state index is 11.8. The number of amides is 1. The molecule has 5 nitrogen and oxygen atoms in total. The fraction of sp³-hybridized carbons (Fsp3) is 0.412. The van der Waals surface area contributed by atoms with Gasteiger partial charge in [-0.1, -0.05) is 30.4 Å². The van der Waals surface area contributed by atoms with E-state index in [1.165, 1.54) is 5.56 Å². The molecule has 1 aliphatic heterocycles. The Kier molecular flexibility index (Phi) is 6.01. The summed E-state index contributed by atoms with van der Waals surface area (Å²) in [5.74, 6) is 1.01. The molecule has 1 unspecified atom stereocenters. The number of anilines is 1. The molecule has 0 saturated carbocycles. The summed E-state index contributed by atoms with van der Waals surface area (Å²) in [5, 5.41) is 9.50. The number of benzene rings is 1. The summed E-state index contributed by atoms with van der Waals surface area (Å²) in [6.07, 6.45) is 5.61. The minimum absolute atomic E-state index is 0.0709. The third kappa shape index (κ3) is 4.35. The normalized spacial score (nSPS) is 18.0. The molecule has 22 heavy (non-hydrogen) atoms. The number of guanidine groups is 1. The summed E-state index contributed by atoms with van der Waals surface area (Å²) in [7, 11) is 1.76. The second-order valence-corrected chi connectivity index (χ2v) is 5.27. The van der Waals surface area contributed by atoms with Crippen LogP contribution < -0.4 is 16.0 Å². The third-order valence-corrected chi connectivity index (χ3v) is 3.69. The van der Waals surface area contributed by atoms with Gasteiger partial charge in [-0.3, -0.25) is 9.79 Å². The van der Waals surface area contributed by atoms with Crippen molar-refractivity contribution in [1.29, 1.82) is 0 Å². The summed E-state index contributed by atoms with van der Waals surface area (Å²) in [6, 6.07) is 7.97. The zero-order valence-electron chi connectivity index (χ0n) is 13.2. The van der Waals surface area contributed by atoms with Crippen LogP contribution in [-0.2, 0) is 4.79 Å². The summed E-state index contributed by atoms with van der Waals surface area (Å²) < 4.78 is 0. The zero-order valence-corrected chi connectivity index (χ0v) is 13.2. The molecule has 1 aromatic carbocycles. The number of aliphatic imine (C=N–C) groups is 1. The molecule has 3 N–H and O–H groups in total. The Balaban J connectivity index is 1.92. The van der Waals surface area contributed by atoms with Crippen molar-refractivity contribution in [3.8, 4) is 0 Å². The lowest BCUT2D eigenvalue weighted by atomic mass is 9.90. The van der Waals surface area contributed by atoms with Gasteiger partial charge in [0.1, 0.15) is 0 Å². The number of para-hydroxylation sites is 1. The number of carbonyl (C=O) groups excluding carboxylic acids is 1. The Morgan fingerprint density at radius 1 is 1.41 bits per heavy atom. The molecular formula is C17H24N4O. The molecule has 0 aliphatic carbocycles. The van der Waals surface area contributed by atoms with Crippen molar-refractivity contribution in [1.82, 2.24) is 10.6 Å². The predicted octanol–water partition coefficient (Wildman–Crippen LogP) is 2.24. The molecule has 1 amide bonds. The van der Waals surface area contributed by atoms with Crippen LogP contribution in [-0.4, -0.2) is 32.0 Å². The molecule has 0 aromatic heterocycles. The number of rotatable bonds is 5. The maximum Gasteiger partial charge on any atom is 0.225 e. The van der Waals surface area contributed by atoms with E-state index in [9.17, 15) is 4.79 Å². The van der Waals surface area contributed by atoms with Gasteiger partial charge in [0.15, 0.2) is 5.96 Å². The second-order valence-electron chi connectivity index (χ2n) is 5.27. The number of nitrogens with zero attached hydrogens (tertiary/aromatic N) is 1. The molecule has 0 bridgehead atoms. The highest BCUT2D eigenvalue weighted by Gasteiger charge is 2.24. The van der Waals surface area contributed by atoms with Crippen LogP contribution >= 0.6 is 0 Å². The molecule has 0 saturated heterocycles. The van der Waals surface area contributed by atoms with Crippen molar-refractivity contribution in [2.75, 3.05) is 25.5 Å². The van der Waals surface area contributed by atoms with Crippen molar-refractivity contribution in [3.05, 3.63) is 42.0 Å². The number of hydrogen-bond acceptors (Lipinski definition) is 2. The average Bonchev–Trinajstić information content (AvgIpc) is 2.54. The molecule has 5 heteroatoms. The predicted molar refractivity (Wildman–Crippen MR) is 91.2 cm³/mol. The fourth-order valence-corrected chi connectivity index (χ4v) is 2.57. The highest BCUT2D eigenvalue weighted by molar-refractivity contribution is 5.94. The standard InChI is InChI=1S/C17H24N4O/c1-3-4-7-10-19-17(18-2)20-12-13-11-16(22)21-15-9-6-5-8-14(13)15/h3-6,8-9,13H,7,10-12H2,1-2H3,(H,21,22)(H2,18,19,20)/b4-3+. The minimum Gasteiger partial charge on any atom is -0.356 e. The molecule has 0 fully saturated rings. The lowest BCUT2D eigenvalue weighted by Gasteiger charge is -2.26. The van der Waals surface area contributed by atoms with Gasteiger partial charge in [0.2, 0.25) is 5.91 Å². The Morgan fingerprint density at radius 2 is 2.23 bits per heavy atom. The topological polar surface area (TPSA) is 65.5 Å². The molecule has 118 valence electrons. The lowest BCUT2D eigenvalue weighted by molar-refractivity contribution is -0.116. The van der Waals surface area contributed by atoms with Crippen LogP contribution in [0.25, 0.3) is 0 Å². The monoisotopic (exact) mass is 300 g/mol. The fourth-order valence-electron chi connectivity index (χ4n) is 2.57. The first-order valence-corrected chi connectivity index (χ1v) is 7.69. The van der Waals surface area contributed by atoms with E-state index in [2.05, 4.69) is 33.1 Å². The summed E-state index contributed by atoms with van der Waals surface area (Å²) in [4.78, 5) is 16.0. The van der Waals surface area contributed by atoms with Crippen LogP contribution in [0.1, 0.15) is 31.2 Å². The van der Waals surface area contributed by atoms with E-state index >= 15 is 0 Å². The van der Waals surface area contributed by atoms with Gasteiger partial charge in [-0.2, -0.15) is 0 Å². The largest absolute Gasteiger partial charge is 0.356 e. The average molecular weight is 300 g/mol. The summed E-state index contributed by atoms with van der Waals surface area (Å²) >= 11 is 0. The smallest absolute Gasteiger partial charge is 0.225 e. The third-order valence-electron chi connectivity index (χ3n) is 3.69. The number of fused-ring (bicyclic) bond motifs is 1. The highest BCUT2D eigenvalue weighted by Crippen LogP contribution is 2.31. The van der Waals surface area contributed by atoms with E-state index in [0.717, 1.165) is 24.6 Å². The van der Waals surface area contributed by atoms with Gasteiger partial charge >= 0.3 is 0 Å². The minimum atomic E-state index is 0.0709. The lowest BCUT2D eigenvalue weighted by Crippen LogP contribution is -2.41. The number of hydrogen-bond donors (Lipinski definition) is 3. The van der Waals surface area contributed by atoms with E-state index in [-0.39, 0.29) is 11.8 Å². The van der Waals surface area contributed by atoms with E-state index in [1.807, 2.05) is 31.2 Å². The van der Waals surface area contributed by atoms with Crippen molar-refractivity contribution < 1.29 is 4.79 Å². The summed E-state index contributed by atoms with van der Waals surface area (Å²) in [5.41, 5.74) is 2.10. The van der Waals surface area contributed by atoms with Crippen LogP contribution in [0, 0.1) is 0 Å². The zero-order chi connectivity index (χ0) is 15.8. The van der Waals surface area contributed by atoms with Gasteiger partial charge in [-0.25, -0.2) is 0 Å². The van der Waals surface area contributed by atoms with Gasteiger partial charge < -0.3 is 16.0 Å². The van der Waals surface area contributed by atoms with Crippen molar-refractivity contribution in [2.24, 2.45) is 4.99 Å². The van der Waals surface area contributed by atoms with Crippen LogP contribution in [0.3, 0.4) is 0 Å². The van der Waals surface area contributed by atoms with Gasteiger partial charge in [-0.05, 0) is 25.0 Å². The van der Waals surface area contributed by atoms with E-state index in [4.69, 9.17) is 0 Å². The number of carbonyl (C=O) groups is 1. The Hall–Kier alpha value is -2.30. The van der Waals surface area contributed by atoms with Gasteiger partial charge in [0.05, 0.1) is 0 Å². The highest BCUT2D eigenvalue weighted by atomic mass is 16.1. The molecule has 1 atom stereocenters. The number of nitrogens with one attached hydrogen (secondary N) is 3. The van der Waals surface area contributed by atoms with Gasteiger partial charge in [0, 0.05) is 38.2 Å².